The normalized spacial score (nSPS) is 13.7. The molecule has 0 atom stereocenters. The van der Waals surface area contributed by atoms with Crippen LogP contribution in [-0.4, -0.2) is 39.2 Å². The molecule has 1 aromatic heterocycles. The highest BCUT2D eigenvalue weighted by atomic mass is 79.9. The van der Waals surface area contributed by atoms with Gasteiger partial charge in [0.1, 0.15) is 18.0 Å². The summed E-state index contributed by atoms with van der Waals surface area (Å²) in [4.78, 5) is 0. The van der Waals surface area contributed by atoms with Crippen molar-refractivity contribution in [2.24, 2.45) is 0 Å². The first-order valence-corrected chi connectivity index (χ1v) is 11.9. The molecule has 0 radical (unpaired) electrons. The van der Waals surface area contributed by atoms with Crippen molar-refractivity contribution in [3.63, 3.8) is 0 Å². The van der Waals surface area contributed by atoms with E-state index in [1.165, 1.54) is 0 Å². The topological polar surface area (TPSA) is 36.3 Å². The summed E-state index contributed by atoms with van der Waals surface area (Å²) < 4.78 is 15.6. The van der Waals surface area contributed by atoms with Gasteiger partial charge in [-0.05, 0) is 66.9 Å². The van der Waals surface area contributed by atoms with E-state index in [0.29, 0.717) is 6.61 Å². The van der Waals surface area contributed by atoms with Gasteiger partial charge in [0, 0.05) is 23.2 Å². The van der Waals surface area contributed by atoms with Gasteiger partial charge in [0.15, 0.2) is 0 Å². The molecule has 26 heavy (non-hydrogen) atoms. The van der Waals surface area contributed by atoms with Crippen LogP contribution in [0.1, 0.15) is 40.2 Å². The standard InChI is InChI=1S/C20H31BrN2O2S/c1-15-12-16(21)18(13-17(15)23-11-9-10-22-23)24-14-20(5,6)25-26(7,8)19(2,3)4/h9-13H,14H2,1-8H3. The van der Waals surface area contributed by atoms with Crippen LogP contribution in [0.25, 0.3) is 5.69 Å². The summed E-state index contributed by atoms with van der Waals surface area (Å²) in [7, 11) is -1.23. The Kier molecular flexibility index (Phi) is 6.20. The van der Waals surface area contributed by atoms with Gasteiger partial charge < -0.3 is 8.92 Å². The quantitative estimate of drug-likeness (QED) is 0.558. The van der Waals surface area contributed by atoms with E-state index >= 15 is 0 Å². The van der Waals surface area contributed by atoms with Crippen molar-refractivity contribution >= 4 is 26.2 Å². The molecule has 0 bridgehead atoms. The van der Waals surface area contributed by atoms with Crippen LogP contribution in [0.2, 0.25) is 0 Å². The molecule has 1 aromatic carbocycles. The zero-order valence-corrected chi connectivity index (χ0v) is 19.5. The fourth-order valence-electron chi connectivity index (χ4n) is 2.38. The molecule has 0 saturated heterocycles. The molecule has 0 aliphatic heterocycles. The van der Waals surface area contributed by atoms with Gasteiger partial charge in [0.2, 0.25) is 0 Å². The maximum atomic E-state index is 6.50. The number of aromatic nitrogens is 2. The first-order valence-electron chi connectivity index (χ1n) is 8.69. The van der Waals surface area contributed by atoms with Gasteiger partial charge in [0.25, 0.3) is 0 Å². The molecule has 4 nitrogen and oxygen atoms in total. The number of hydrogen-bond acceptors (Lipinski definition) is 3. The van der Waals surface area contributed by atoms with Crippen LogP contribution in [0.4, 0.5) is 0 Å². The second kappa shape index (κ2) is 7.56. The van der Waals surface area contributed by atoms with Crippen molar-refractivity contribution in [2.75, 3.05) is 19.1 Å². The van der Waals surface area contributed by atoms with Crippen LogP contribution < -0.4 is 4.74 Å². The highest BCUT2D eigenvalue weighted by molar-refractivity contribution is 9.10. The lowest BCUT2D eigenvalue weighted by molar-refractivity contribution is 0.0645. The molecule has 0 fully saturated rings. The van der Waals surface area contributed by atoms with E-state index in [1.54, 1.807) is 6.20 Å². The molecular weight excluding hydrogens is 412 g/mol. The maximum absolute atomic E-state index is 6.50. The lowest BCUT2D eigenvalue weighted by Crippen LogP contribution is -2.38. The number of benzene rings is 1. The van der Waals surface area contributed by atoms with E-state index in [0.717, 1.165) is 21.5 Å². The van der Waals surface area contributed by atoms with Crippen LogP contribution in [0.5, 0.6) is 5.75 Å². The third-order valence-electron chi connectivity index (χ3n) is 4.49. The van der Waals surface area contributed by atoms with Gasteiger partial charge in [-0.15, -0.1) is 10.3 Å². The Morgan fingerprint density at radius 2 is 1.81 bits per heavy atom. The van der Waals surface area contributed by atoms with Crippen LogP contribution >= 0.6 is 26.2 Å². The molecule has 0 unspecified atom stereocenters. The fourth-order valence-corrected chi connectivity index (χ4v) is 4.37. The smallest absolute Gasteiger partial charge is 0.135 e. The Balaban J connectivity index is 2.17. The molecule has 0 spiro atoms. The third kappa shape index (κ3) is 5.05. The molecule has 0 N–H and O–H groups in total. The molecule has 1 heterocycles. The molecule has 6 heteroatoms. The van der Waals surface area contributed by atoms with E-state index in [1.807, 2.05) is 23.0 Å². The van der Waals surface area contributed by atoms with Gasteiger partial charge in [-0.25, -0.2) is 4.68 Å². The Morgan fingerprint density at radius 3 is 2.35 bits per heavy atom. The minimum absolute atomic E-state index is 0.113. The lowest BCUT2D eigenvalue weighted by atomic mass is 10.1. The Morgan fingerprint density at radius 1 is 1.15 bits per heavy atom. The first-order chi connectivity index (χ1) is 11.8. The highest BCUT2D eigenvalue weighted by Gasteiger charge is 2.35. The van der Waals surface area contributed by atoms with E-state index < -0.39 is 10.3 Å². The Hall–Kier alpha value is -0.980. The molecule has 0 aliphatic rings. The van der Waals surface area contributed by atoms with Crippen molar-refractivity contribution in [1.82, 2.24) is 9.78 Å². The number of rotatable bonds is 6. The zero-order valence-electron chi connectivity index (χ0n) is 17.1. The average Bonchev–Trinajstić information content (AvgIpc) is 2.98. The summed E-state index contributed by atoms with van der Waals surface area (Å²) in [5, 5.41) is 4.33. The van der Waals surface area contributed by atoms with Crippen LogP contribution in [0.15, 0.2) is 35.1 Å². The largest absolute Gasteiger partial charge is 0.489 e. The van der Waals surface area contributed by atoms with Crippen molar-refractivity contribution in [1.29, 1.82) is 0 Å². The van der Waals surface area contributed by atoms with Crippen molar-refractivity contribution in [3.05, 3.63) is 40.6 Å². The SMILES string of the molecule is Cc1cc(Br)c(OCC(C)(C)OS(C)(C)C(C)(C)C)cc1-n1cccn1. The number of halogens is 1. The molecule has 0 amide bonds. The molecule has 0 saturated carbocycles. The van der Waals surface area contributed by atoms with Gasteiger partial charge in [-0.2, -0.15) is 5.10 Å². The summed E-state index contributed by atoms with van der Waals surface area (Å²) in [5.74, 6) is 0.793. The molecular formula is C20H31BrN2O2S. The number of aryl methyl sites for hydroxylation is 1. The van der Waals surface area contributed by atoms with E-state index in [-0.39, 0.29) is 10.3 Å². The minimum atomic E-state index is -1.23. The van der Waals surface area contributed by atoms with Gasteiger partial charge in [-0.1, -0.05) is 20.8 Å². The van der Waals surface area contributed by atoms with Gasteiger partial charge >= 0.3 is 0 Å². The molecule has 0 aliphatic carbocycles. The van der Waals surface area contributed by atoms with Crippen molar-refractivity contribution < 1.29 is 8.92 Å². The van der Waals surface area contributed by atoms with Gasteiger partial charge in [0.05, 0.1) is 10.2 Å². The highest BCUT2D eigenvalue weighted by Crippen LogP contribution is 2.56. The van der Waals surface area contributed by atoms with Crippen molar-refractivity contribution in [3.8, 4) is 11.4 Å². The van der Waals surface area contributed by atoms with Crippen LogP contribution in [0, 0.1) is 6.92 Å². The fraction of sp³-hybridized carbons (Fsp3) is 0.550. The second-order valence-electron chi connectivity index (χ2n) is 8.50. The third-order valence-corrected chi connectivity index (χ3v) is 8.92. The minimum Gasteiger partial charge on any atom is -0.489 e. The summed E-state index contributed by atoms with van der Waals surface area (Å²) >= 11 is 3.62. The number of hydrogen-bond donors (Lipinski definition) is 0. The monoisotopic (exact) mass is 442 g/mol. The van der Waals surface area contributed by atoms with Crippen LogP contribution in [0.3, 0.4) is 0 Å². The number of nitrogens with zero attached hydrogens (tertiary/aromatic N) is 2. The maximum Gasteiger partial charge on any atom is 0.135 e. The summed E-state index contributed by atoms with van der Waals surface area (Å²) in [6.45, 7) is 13.4. The predicted octanol–water partition coefficient (Wildman–Crippen LogP) is 5.89. The molecule has 146 valence electrons. The summed E-state index contributed by atoms with van der Waals surface area (Å²) in [6.07, 6.45) is 8.14. The van der Waals surface area contributed by atoms with Gasteiger partial charge in [-0.3, -0.25) is 0 Å². The summed E-state index contributed by atoms with van der Waals surface area (Å²) in [6, 6.07) is 5.99. The molecule has 2 rings (SSSR count). The number of ether oxygens (including phenoxy) is 1. The van der Waals surface area contributed by atoms with E-state index in [9.17, 15) is 0 Å². The second-order valence-corrected chi connectivity index (χ2v) is 13.2. The van der Waals surface area contributed by atoms with E-state index in [2.05, 4.69) is 81.1 Å². The zero-order chi connectivity index (χ0) is 19.8. The summed E-state index contributed by atoms with van der Waals surface area (Å²) in [5.41, 5.74) is 1.75. The molecule has 2 aromatic rings. The van der Waals surface area contributed by atoms with Crippen LogP contribution in [-0.2, 0) is 4.18 Å². The predicted molar refractivity (Wildman–Crippen MR) is 116 cm³/mol. The lowest BCUT2D eigenvalue weighted by Gasteiger charge is -2.48. The first kappa shape index (κ1) is 21.3. The average molecular weight is 443 g/mol. The van der Waals surface area contributed by atoms with Crippen molar-refractivity contribution in [2.45, 2.75) is 51.9 Å². The Labute approximate surface area is 167 Å². The Bertz CT molecular complexity index is 750. The van der Waals surface area contributed by atoms with E-state index in [4.69, 9.17) is 8.92 Å².